The average Bonchev–Trinajstić information content (AvgIpc) is 2.48. The van der Waals surface area contributed by atoms with Crippen molar-refractivity contribution in [3.8, 4) is 0 Å². The Morgan fingerprint density at radius 1 is 0.409 bits per heavy atom. The molecule has 0 aromatic carbocycles. The molecule has 0 unspecified atom stereocenters. The highest BCUT2D eigenvalue weighted by Gasteiger charge is 2.10. The zero-order chi connectivity index (χ0) is 16.9. The summed E-state index contributed by atoms with van der Waals surface area (Å²) in [5.41, 5.74) is 0. The van der Waals surface area contributed by atoms with Gasteiger partial charge in [0.2, 0.25) is 0 Å². The molecule has 0 aromatic rings. The first-order valence-corrected chi connectivity index (χ1v) is 9.97. The van der Waals surface area contributed by atoms with E-state index in [-0.39, 0.29) is 0 Å². The zero-order valence-electron chi connectivity index (χ0n) is 16.8. The lowest BCUT2D eigenvalue weighted by molar-refractivity contribution is -0.888. The van der Waals surface area contributed by atoms with Crippen LogP contribution in [0, 0.1) is 0 Å². The van der Waals surface area contributed by atoms with Gasteiger partial charge in [-0.1, -0.05) is 38.5 Å². The van der Waals surface area contributed by atoms with Gasteiger partial charge in [0.05, 0.1) is 54.4 Å². The molecular weight excluding hydrogens is 268 g/mol. The van der Waals surface area contributed by atoms with Crippen molar-refractivity contribution < 1.29 is 8.97 Å². The lowest BCUT2D eigenvalue weighted by Gasteiger charge is -2.28. The topological polar surface area (TPSA) is 0 Å². The lowest BCUT2D eigenvalue weighted by Crippen LogP contribution is -2.39. The van der Waals surface area contributed by atoms with Crippen LogP contribution in [-0.2, 0) is 0 Å². The quantitative estimate of drug-likeness (QED) is 0.292. The van der Waals surface area contributed by atoms with Crippen molar-refractivity contribution in [2.45, 2.75) is 78.1 Å². The Hall–Kier alpha value is -0.0800. The van der Waals surface area contributed by atoms with Gasteiger partial charge in [0, 0.05) is 0 Å². The van der Waals surface area contributed by atoms with Crippen LogP contribution >= 0.6 is 0 Å². The summed E-state index contributed by atoms with van der Waals surface area (Å²) >= 11 is 0. The molecule has 0 amide bonds. The van der Waals surface area contributed by atoms with E-state index in [0.717, 1.165) is 0 Å². The van der Waals surface area contributed by atoms with E-state index in [4.69, 9.17) is 0 Å². The monoisotopic (exact) mass is 314 g/mol. The van der Waals surface area contributed by atoms with Crippen LogP contribution in [0.4, 0.5) is 0 Å². The van der Waals surface area contributed by atoms with Crippen LogP contribution in [0.15, 0.2) is 0 Å². The highest BCUT2D eigenvalue weighted by Crippen LogP contribution is 2.12. The molecule has 0 saturated carbocycles. The number of unbranched alkanes of at least 4 members (excludes halogenated alkanes) is 9. The molecule has 134 valence electrons. The molecule has 2 nitrogen and oxygen atoms in total. The average molecular weight is 315 g/mol. The summed E-state index contributed by atoms with van der Waals surface area (Å²) in [6.45, 7) is 9.80. The van der Waals surface area contributed by atoms with Gasteiger partial charge in [0.25, 0.3) is 0 Å². The number of hydrogen-bond donors (Lipinski definition) is 0. The van der Waals surface area contributed by atoms with Gasteiger partial charge in [-0.2, -0.15) is 0 Å². The molecule has 0 aliphatic heterocycles. The van der Waals surface area contributed by atoms with Gasteiger partial charge in [-0.05, 0) is 39.5 Å². The third kappa shape index (κ3) is 13.6. The Balaban J connectivity index is 3.21. The van der Waals surface area contributed by atoms with Crippen molar-refractivity contribution >= 4 is 0 Å². The Morgan fingerprint density at radius 3 is 0.864 bits per heavy atom. The zero-order valence-corrected chi connectivity index (χ0v) is 16.8. The minimum atomic E-state index is 1.19. The van der Waals surface area contributed by atoms with E-state index in [1.807, 2.05) is 0 Å². The van der Waals surface area contributed by atoms with Crippen LogP contribution in [0.3, 0.4) is 0 Å². The number of hydrogen-bond acceptors (Lipinski definition) is 0. The van der Waals surface area contributed by atoms with Crippen LogP contribution in [0.2, 0.25) is 0 Å². The lowest BCUT2D eigenvalue weighted by atomic mass is 10.1. The van der Waals surface area contributed by atoms with E-state index in [0.29, 0.717) is 0 Å². The third-order valence-corrected chi connectivity index (χ3v) is 5.49. The molecular formula is C20H46N2+2. The molecule has 2 heteroatoms. The van der Waals surface area contributed by atoms with Gasteiger partial charge in [-0.25, -0.2) is 0 Å². The van der Waals surface area contributed by atoms with E-state index >= 15 is 0 Å². The van der Waals surface area contributed by atoms with Gasteiger partial charge in [0.15, 0.2) is 0 Å². The maximum Gasteiger partial charge on any atom is 0.0782 e. The Kier molecular flexibility index (Phi) is 12.3. The Labute approximate surface area is 142 Å². The highest BCUT2D eigenvalue weighted by atomic mass is 15.3. The van der Waals surface area contributed by atoms with E-state index in [1.54, 1.807) is 0 Å². The van der Waals surface area contributed by atoms with Crippen molar-refractivity contribution in [1.82, 2.24) is 0 Å². The van der Waals surface area contributed by atoms with E-state index < -0.39 is 0 Å². The van der Waals surface area contributed by atoms with Crippen LogP contribution < -0.4 is 0 Å². The number of quaternary nitrogens is 2. The second-order valence-corrected chi connectivity index (χ2v) is 8.49. The summed E-state index contributed by atoms with van der Waals surface area (Å²) in [5.74, 6) is 0. The fourth-order valence-corrected chi connectivity index (χ4v) is 2.81. The van der Waals surface area contributed by atoms with Crippen molar-refractivity contribution in [2.75, 3.05) is 54.4 Å². The first kappa shape index (κ1) is 21.9. The van der Waals surface area contributed by atoms with Gasteiger partial charge in [0.1, 0.15) is 0 Å². The van der Waals surface area contributed by atoms with Crippen molar-refractivity contribution in [3.05, 3.63) is 0 Å². The first-order chi connectivity index (χ1) is 10.3. The minimum Gasteiger partial charge on any atom is -0.329 e. The first-order valence-electron chi connectivity index (χ1n) is 9.97. The molecule has 0 N–H and O–H groups in total. The smallest absolute Gasteiger partial charge is 0.0782 e. The Bertz CT molecular complexity index is 220. The minimum absolute atomic E-state index is 1.19. The standard InChI is InChI=1S/C20H46N2/c1-7-21(3,4)19-17-15-13-11-9-10-12-14-16-18-20-22(5,6)8-2/h7-20H2,1-6H3/q+2. The highest BCUT2D eigenvalue weighted by molar-refractivity contribution is 4.48. The summed E-state index contributed by atoms with van der Waals surface area (Å²) in [6.07, 6.45) is 14.4. The van der Waals surface area contributed by atoms with Crippen molar-refractivity contribution in [3.63, 3.8) is 0 Å². The maximum atomic E-state index is 2.35. The van der Waals surface area contributed by atoms with Crippen molar-refractivity contribution in [2.24, 2.45) is 0 Å². The molecule has 0 fully saturated rings. The fraction of sp³-hybridized carbons (Fsp3) is 1.00. The fourth-order valence-electron chi connectivity index (χ4n) is 2.81. The summed E-state index contributed by atoms with van der Waals surface area (Å²) in [4.78, 5) is 0. The Morgan fingerprint density at radius 2 is 0.636 bits per heavy atom. The van der Waals surface area contributed by atoms with Gasteiger partial charge >= 0.3 is 0 Å². The molecule has 0 radical (unpaired) electrons. The van der Waals surface area contributed by atoms with E-state index in [9.17, 15) is 0 Å². The maximum absolute atomic E-state index is 2.35. The molecule has 0 aliphatic rings. The number of nitrogens with zero attached hydrogens (tertiary/aromatic N) is 2. The molecule has 22 heavy (non-hydrogen) atoms. The van der Waals surface area contributed by atoms with Crippen molar-refractivity contribution in [1.29, 1.82) is 0 Å². The predicted molar refractivity (Wildman–Crippen MR) is 101 cm³/mol. The van der Waals surface area contributed by atoms with E-state index in [2.05, 4.69) is 42.0 Å². The van der Waals surface area contributed by atoms with Gasteiger partial charge in [-0.15, -0.1) is 0 Å². The second kappa shape index (κ2) is 12.4. The predicted octanol–water partition coefficient (Wildman–Crippen LogP) is 5.08. The summed E-state index contributed by atoms with van der Waals surface area (Å²) < 4.78 is 2.38. The molecule has 0 heterocycles. The van der Waals surface area contributed by atoms with Gasteiger partial charge in [-0.3, -0.25) is 0 Å². The van der Waals surface area contributed by atoms with Crippen LogP contribution in [0.1, 0.15) is 78.1 Å². The molecule has 0 aromatic heterocycles. The molecule has 0 spiro atoms. The van der Waals surface area contributed by atoms with Crippen LogP contribution in [0.25, 0.3) is 0 Å². The molecule has 0 rings (SSSR count). The normalized spacial score (nSPS) is 12.8. The molecule has 0 saturated heterocycles. The second-order valence-electron chi connectivity index (χ2n) is 8.49. The summed E-state index contributed by atoms with van der Waals surface area (Å²) in [5, 5.41) is 0. The molecule has 0 atom stereocenters. The number of rotatable bonds is 15. The van der Waals surface area contributed by atoms with E-state index in [1.165, 1.54) is 99.4 Å². The van der Waals surface area contributed by atoms with Gasteiger partial charge < -0.3 is 8.97 Å². The van der Waals surface area contributed by atoms with Crippen LogP contribution in [0.5, 0.6) is 0 Å². The largest absolute Gasteiger partial charge is 0.329 e. The summed E-state index contributed by atoms with van der Waals surface area (Å²) in [6, 6.07) is 0. The third-order valence-electron chi connectivity index (χ3n) is 5.49. The SMILES string of the molecule is CC[N+](C)(C)CCCCCCCCCCCC[N+](C)(C)CC. The molecule has 0 bridgehead atoms. The summed E-state index contributed by atoms with van der Waals surface area (Å²) in [7, 11) is 9.39. The van der Waals surface area contributed by atoms with Crippen LogP contribution in [-0.4, -0.2) is 63.3 Å². The molecule has 0 aliphatic carbocycles.